The molecule has 2 N–H and O–H groups in total. The van der Waals surface area contributed by atoms with Gasteiger partial charge >= 0.3 is 11.8 Å². The molecule has 9 heteroatoms. The van der Waals surface area contributed by atoms with E-state index >= 15 is 0 Å². The van der Waals surface area contributed by atoms with Gasteiger partial charge in [0.1, 0.15) is 24.1 Å². The van der Waals surface area contributed by atoms with E-state index in [9.17, 15) is 9.59 Å². The Labute approximate surface area is 144 Å². The minimum Gasteiger partial charge on any atom is -0.434 e. The number of unbranched alkanes of at least 4 members (excludes halogenated alkanes) is 3. The lowest BCUT2D eigenvalue weighted by atomic mass is 10.2. The largest absolute Gasteiger partial charge is 0.508 e. The fourth-order valence-corrected chi connectivity index (χ4v) is 3.17. The SMILES string of the molecule is CCCCCCOC(=O)OC[C@@H]1O[C@H](n2ccc(N)nc2=O)CS1. The Morgan fingerprint density at radius 2 is 2.29 bits per heavy atom. The average molecular weight is 357 g/mol. The lowest BCUT2D eigenvalue weighted by molar-refractivity contribution is -0.0239. The molecule has 0 saturated carbocycles. The summed E-state index contributed by atoms with van der Waals surface area (Å²) in [7, 11) is 0. The molecule has 2 heterocycles. The highest BCUT2D eigenvalue weighted by molar-refractivity contribution is 8.00. The first-order chi connectivity index (χ1) is 11.6. The summed E-state index contributed by atoms with van der Waals surface area (Å²) in [6.07, 6.45) is 4.55. The van der Waals surface area contributed by atoms with Crippen LogP contribution in [0.25, 0.3) is 0 Å². The van der Waals surface area contributed by atoms with Crippen molar-refractivity contribution in [1.82, 2.24) is 9.55 Å². The van der Waals surface area contributed by atoms with E-state index in [1.54, 1.807) is 6.20 Å². The summed E-state index contributed by atoms with van der Waals surface area (Å²) in [6.45, 7) is 2.56. The number of nitrogen functional groups attached to an aromatic ring is 1. The van der Waals surface area contributed by atoms with E-state index in [4.69, 9.17) is 19.9 Å². The molecule has 0 radical (unpaired) electrons. The van der Waals surface area contributed by atoms with Gasteiger partial charge in [-0.2, -0.15) is 4.98 Å². The zero-order chi connectivity index (χ0) is 17.4. The highest BCUT2D eigenvalue weighted by Gasteiger charge is 2.29. The molecule has 2 atom stereocenters. The number of nitrogens with two attached hydrogens (primary N) is 1. The molecule has 1 aromatic rings. The van der Waals surface area contributed by atoms with Crippen molar-refractivity contribution < 1.29 is 19.0 Å². The third kappa shape index (κ3) is 5.72. The van der Waals surface area contributed by atoms with Crippen molar-refractivity contribution in [3.63, 3.8) is 0 Å². The van der Waals surface area contributed by atoms with Gasteiger partial charge in [0, 0.05) is 11.9 Å². The van der Waals surface area contributed by atoms with E-state index in [-0.39, 0.29) is 17.9 Å². The first kappa shape index (κ1) is 18.6. The highest BCUT2D eigenvalue weighted by Crippen LogP contribution is 2.31. The molecular formula is C15H23N3O5S. The Bertz CT molecular complexity index is 595. The summed E-state index contributed by atoms with van der Waals surface area (Å²) in [5.41, 5.74) is 4.65. The van der Waals surface area contributed by atoms with Crippen molar-refractivity contribution in [2.75, 3.05) is 24.7 Å². The minimum absolute atomic E-state index is 0.0755. The zero-order valence-corrected chi connectivity index (χ0v) is 14.5. The molecule has 8 nitrogen and oxygen atoms in total. The minimum atomic E-state index is -0.689. The normalized spacial score (nSPS) is 20.0. The van der Waals surface area contributed by atoms with Crippen LogP contribution in [0.5, 0.6) is 0 Å². The summed E-state index contributed by atoms with van der Waals surface area (Å²) >= 11 is 1.46. The smallest absolute Gasteiger partial charge is 0.434 e. The molecule has 1 aliphatic heterocycles. The van der Waals surface area contributed by atoms with Crippen molar-refractivity contribution in [1.29, 1.82) is 0 Å². The van der Waals surface area contributed by atoms with Gasteiger partial charge in [0.15, 0.2) is 0 Å². The summed E-state index contributed by atoms with van der Waals surface area (Å²) < 4.78 is 17.1. The van der Waals surface area contributed by atoms with Gasteiger partial charge in [-0.3, -0.25) is 4.57 Å². The van der Waals surface area contributed by atoms with E-state index in [0.29, 0.717) is 12.4 Å². The van der Waals surface area contributed by atoms with Crippen molar-refractivity contribution >= 4 is 23.7 Å². The van der Waals surface area contributed by atoms with Crippen LogP contribution in [-0.4, -0.2) is 40.1 Å². The molecule has 2 rings (SSSR count). The van der Waals surface area contributed by atoms with E-state index in [1.165, 1.54) is 22.4 Å². The number of carbonyl (C=O) groups is 1. The van der Waals surface area contributed by atoms with E-state index in [0.717, 1.165) is 25.7 Å². The van der Waals surface area contributed by atoms with E-state index < -0.39 is 18.1 Å². The van der Waals surface area contributed by atoms with Crippen molar-refractivity contribution in [3.8, 4) is 0 Å². The summed E-state index contributed by atoms with van der Waals surface area (Å²) in [6, 6.07) is 1.54. The summed E-state index contributed by atoms with van der Waals surface area (Å²) in [5, 5.41) is 0. The highest BCUT2D eigenvalue weighted by atomic mass is 32.2. The summed E-state index contributed by atoms with van der Waals surface area (Å²) in [4.78, 5) is 26.9. The van der Waals surface area contributed by atoms with Crippen molar-refractivity contribution in [3.05, 3.63) is 22.7 Å². The Morgan fingerprint density at radius 1 is 1.46 bits per heavy atom. The van der Waals surface area contributed by atoms with Gasteiger partial charge in [0.25, 0.3) is 0 Å². The second-order valence-electron chi connectivity index (χ2n) is 5.37. The monoisotopic (exact) mass is 357 g/mol. The maximum Gasteiger partial charge on any atom is 0.508 e. The summed E-state index contributed by atoms with van der Waals surface area (Å²) in [5.74, 6) is 0.731. The molecule has 0 amide bonds. The van der Waals surface area contributed by atoms with Gasteiger partial charge in [0.2, 0.25) is 0 Å². The molecule has 1 saturated heterocycles. The fraction of sp³-hybridized carbons (Fsp3) is 0.667. The van der Waals surface area contributed by atoms with Gasteiger partial charge in [-0.1, -0.05) is 26.2 Å². The third-order valence-electron chi connectivity index (χ3n) is 3.45. The Kier molecular flexibility index (Phi) is 7.38. The number of anilines is 1. The molecular weight excluding hydrogens is 334 g/mol. The number of carbonyl (C=O) groups excluding carboxylic acids is 1. The molecule has 0 spiro atoms. The number of hydrogen-bond acceptors (Lipinski definition) is 8. The van der Waals surface area contributed by atoms with Crippen LogP contribution in [0.2, 0.25) is 0 Å². The lowest BCUT2D eigenvalue weighted by Gasteiger charge is -2.14. The molecule has 1 fully saturated rings. The Morgan fingerprint density at radius 3 is 3.04 bits per heavy atom. The quantitative estimate of drug-likeness (QED) is 0.557. The van der Waals surface area contributed by atoms with Gasteiger partial charge < -0.3 is 19.9 Å². The number of aromatic nitrogens is 2. The molecule has 0 bridgehead atoms. The number of rotatable bonds is 8. The van der Waals surface area contributed by atoms with Crippen LogP contribution >= 0.6 is 11.8 Å². The molecule has 0 aliphatic carbocycles. The molecule has 0 aromatic carbocycles. The van der Waals surface area contributed by atoms with Gasteiger partial charge in [-0.15, -0.1) is 11.8 Å². The second kappa shape index (κ2) is 9.53. The first-order valence-electron chi connectivity index (χ1n) is 8.01. The number of hydrogen-bond donors (Lipinski definition) is 1. The van der Waals surface area contributed by atoms with Gasteiger partial charge in [-0.05, 0) is 12.5 Å². The Balaban J connectivity index is 1.68. The molecule has 1 aliphatic rings. The van der Waals surface area contributed by atoms with Crippen molar-refractivity contribution in [2.45, 2.75) is 44.3 Å². The van der Waals surface area contributed by atoms with Crippen LogP contribution in [-0.2, 0) is 14.2 Å². The van der Waals surface area contributed by atoms with Crippen LogP contribution in [0.4, 0.5) is 10.6 Å². The number of ether oxygens (including phenoxy) is 3. The lowest BCUT2D eigenvalue weighted by Crippen LogP contribution is -2.29. The van der Waals surface area contributed by atoms with Crippen LogP contribution in [0.3, 0.4) is 0 Å². The predicted octanol–water partition coefficient (Wildman–Crippen LogP) is 2.15. The second-order valence-corrected chi connectivity index (χ2v) is 6.56. The first-order valence-corrected chi connectivity index (χ1v) is 9.06. The maximum atomic E-state index is 11.8. The van der Waals surface area contributed by atoms with Crippen molar-refractivity contribution in [2.24, 2.45) is 0 Å². The molecule has 0 unspecified atom stereocenters. The van der Waals surface area contributed by atoms with Crippen LogP contribution in [0, 0.1) is 0 Å². The average Bonchev–Trinajstić information content (AvgIpc) is 3.01. The van der Waals surface area contributed by atoms with E-state index in [2.05, 4.69) is 11.9 Å². The molecule has 1 aromatic heterocycles. The van der Waals surface area contributed by atoms with E-state index in [1.807, 2.05) is 0 Å². The van der Waals surface area contributed by atoms with Crippen LogP contribution in [0.1, 0.15) is 38.8 Å². The number of nitrogens with zero attached hydrogens (tertiary/aromatic N) is 2. The van der Waals surface area contributed by atoms with Crippen LogP contribution < -0.4 is 11.4 Å². The topological polar surface area (TPSA) is 106 Å². The number of thioether (sulfide) groups is 1. The van der Waals surface area contributed by atoms with Crippen LogP contribution in [0.15, 0.2) is 17.1 Å². The molecule has 134 valence electrons. The maximum absolute atomic E-state index is 11.8. The van der Waals surface area contributed by atoms with Gasteiger partial charge in [0.05, 0.1) is 6.61 Å². The Hall–Kier alpha value is -1.74. The fourth-order valence-electron chi connectivity index (χ4n) is 2.18. The van der Waals surface area contributed by atoms with Gasteiger partial charge in [-0.25, -0.2) is 9.59 Å². The third-order valence-corrected chi connectivity index (χ3v) is 4.55. The molecule has 24 heavy (non-hydrogen) atoms. The zero-order valence-electron chi connectivity index (χ0n) is 13.7. The standard InChI is InChI=1S/C15H23N3O5S/c1-2-3-4-5-8-21-15(20)22-9-13-23-12(10-24-13)18-7-6-11(16)17-14(18)19/h6-7,12-13H,2-5,8-10H2,1H3,(H2,16,17,19)/t12-,13+/m0/s1. The predicted molar refractivity (Wildman–Crippen MR) is 90.7 cm³/mol.